The Hall–Kier alpha value is -1.02. The monoisotopic (exact) mass is 273 g/mol. The second-order valence-electron chi connectivity index (χ2n) is 6.88. The van der Waals surface area contributed by atoms with Crippen LogP contribution in [-0.2, 0) is 6.54 Å². The van der Waals surface area contributed by atoms with Crippen LogP contribution in [0.25, 0.3) is 0 Å². The number of ether oxygens (including phenoxy) is 1. The van der Waals surface area contributed by atoms with Gasteiger partial charge >= 0.3 is 0 Å². The standard InChI is InChI=1S/C18H27NO/c1-13(2)20-18-5-3-4-15(10-18)11-19-12-17-9-14-6-7-16(17)8-14/h3-5,10,13-14,16-17,19H,6-9,11-12H2,1-2H3. The highest BCUT2D eigenvalue weighted by Gasteiger charge is 2.38. The maximum atomic E-state index is 5.75. The van der Waals surface area contributed by atoms with E-state index in [4.69, 9.17) is 4.74 Å². The molecule has 3 unspecified atom stereocenters. The van der Waals surface area contributed by atoms with Crippen molar-refractivity contribution in [3.63, 3.8) is 0 Å². The third-order valence-corrected chi connectivity index (χ3v) is 4.89. The molecule has 3 rings (SSSR count). The first-order valence-electron chi connectivity index (χ1n) is 8.17. The molecule has 2 heteroatoms. The summed E-state index contributed by atoms with van der Waals surface area (Å²) in [6, 6.07) is 8.47. The van der Waals surface area contributed by atoms with Crippen LogP contribution in [0.15, 0.2) is 24.3 Å². The predicted molar refractivity (Wildman–Crippen MR) is 82.9 cm³/mol. The van der Waals surface area contributed by atoms with Crippen LogP contribution in [0.2, 0.25) is 0 Å². The average Bonchev–Trinajstić information content (AvgIpc) is 3.01. The molecule has 2 saturated carbocycles. The SMILES string of the molecule is CC(C)Oc1cccc(CNCC2CC3CCC2C3)c1. The van der Waals surface area contributed by atoms with E-state index in [9.17, 15) is 0 Å². The van der Waals surface area contributed by atoms with E-state index in [2.05, 4.69) is 37.4 Å². The third-order valence-electron chi connectivity index (χ3n) is 4.89. The van der Waals surface area contributed by atoms with Gasteiger partial charge in [0.05, 0.1) is 6.10 Å². The summed E-state index contributed by atoms with van der Waals surface area (Å²) in [6.45, 7) is 6.29. The van der Waals surface area contributed by atoms with E-state index in [1.54, 1.807) is 0 Å². The molecule has 0 radical (unpaired) electrons. The topological polar surface area (TPSA) is 21.3 Å². The van der Waals surface area contributed by atoms with Crippen molar-refractivity contribution in [2.24, 2.45) is 17.8 Å². The molecular weight excluding hydrogens is 246 g/mol. The van der Waals surface area contributed by atoms with Crippen LogP contribution in [0.5, 0.6) is 5.75 Å². The molecule has 2 aliphatic carbocycles. The smallest absolute Gasteiger partial charge is 0.120 e. The van der Waals surface area contributed by atoms with E-state index >= 15 is 0 Å². The maximum Gasteiger partial charge on any atom is 0.120 e. The lowest BCUT2D eigenvalue weighted by atomic mass is 9.89. The summed E-state index contributed by atoms with van der Waals surface area (Å²) in [5, 5.41) is 3.65. The number of benzene rings is 1. The first-order chi connectivity index (χ1) is 9.70. The van der Waals surface area contributed by atoms with Gasteiger partial charge in [-0.25, -0.2) is 0 Å². The van der Waals surface area contributed by atoms with Crippen molar-refractivity contribution in [1.82, 2.24) is 5.32 Å². The zero-order chi connectivity index (χ0) is 13.9. The van der Waals surface area contributed by atoms with Crippen LogP contribution >= 0.6 is 0 Å². The quantitative estimate of drug-likeness (QED) is 0.846. The van der Waals surface area contributed by atoms with Crippen LogP contribution in [-0.4, -0.2) is 12.6 Å². The highest BCUT2D eigenvalue weighted by Crippen LogP contribution is 2.47. The molecule has 1 aromatic rings. The molecule has 2 nitrogen and oxygen atoms in total. The van der Waals surface area contributed by atoms with E-state index in [1.165, 1.54) is 37.8 Å². The Bertz CT molecular complexity index is 443. The van der Waals surface area contributed by atoms with Gasteiger partial charge in [-0.3, -0.25) is 0 Å². The van der Waals surface area contributed by atoms with Gasteiger partial charge < -0.3 is 10.1 Å². The molecule has 0 spiro atoms. The van der Waals surface area contributed by atoms with E-state index in [1.807, 2.05) is 6.07 Å². The van der Waals surface area contributed by atoms with E-state index in [0.29, 0.717) is 0 Å². The minimum absolute atomic E-state index is 0.243. The van der Waals surface area contributed by atoms with Gasteiger partial charge in [0.15, 0.2) is 0 Å². The van der Waals surface area contributed by atoms with Gasteiger partial charge in [0.2, 0.25) is 0 Å². The second-order valence-corrected chi connectivity index (χ2v) is 6.88. The van der Waals surface area contributed by atoms with Gasteiger partial charge in [0, 0.05) is 6.54 Å². The molecular formula is C18H27NO. The summed E-state index contributed by atoms with van der Waals surface area (Å²) in [5.74, 6) is 3.99. The minimum atomic E-state index is 0.243. The summed E-state index contributed by atoms with van der Waals surface area (Å²) in [4.78, 5) is 0. The van der Waals surface area contributed by atoms with Crippen LogP contribution in [0.3, 0.4) is 0 Å². The Morgan fingerprint density at radius 2 is 2.15 bits per heavy atom. The minimum Gasteiger partial charge on any atom is -0.491 e. The summed E-state index contributed by atoms with van der Waals surface area (Å²) in [5.41, 5.74) is 1.33. The van der Waals surface area contributed by atoms with E-state index in [-0.39, 0.29) is 6.10 Å². The lowest BCUT2D eigenvalue weighted by Crippen LogP contribution is -2.26. The first kappa shape index (κ1) is 13.9. The molecule has 2 fully saturated rings. The Balaban J connectivity index is 1.46. The van der Waals surface area contributed by atoms with Gasteiger partial charge in [-0.2, -0.15) is 0 Å². The fourth-order valence-electron chi connectivity index (χ4n) is 4.03. The van der Waals surface area contributed by atoms with Crippen LogP contribution in [0.1, 0.15) is 45.1 Å². The fraction of sp³-hybridized carbons (Fsp3) is 0.667. The molecule has 0 amide bonds. The molecule has 2 aliphatic rings. The van der Waals surface area contributed by atoms with Gasteiger partial charge in [0.1, 0.15) is 5.75 Å². The summed E-state index contributed by atoms with van der Waals surface area (Å²) < 4.78 is 5.75. The molecule has 110 valence electrons. The lowest BCUT2D eigenvalue weighted by molar-refractivity contribution is 0.242. The average molecular weight is 273 g/mol. The Morgan fingerprint density at radius 1 is 1.25 bits per heavy atom. The van der Waals surface area contributed by atoms with Crippen molar-refractivity contribution in [3.05, 3.63) is 29.8 Å². The number of rotatable bonds is 6. The summed E-state index contributed by atoms with van der Waals surface area (Å²) in [6.07, 6.45) is 6.19. The summed E-state index contributed by atoms with van der Waals surface area (Å²) >= 11 is 0. The molecule has 0 aromatic heterocycles. The molecule has 1 aromatic carbocycles. The molecule has 0 saturated heterocycles. The van der Waals surface area contributed by atoms with Crippen molar-refractivity contribution in [2.75, 3.05) is 6.54 Å². The van der Waals surface area contributed by atoms with Crippen molar-refractivity contribution in [3.8, 4) is 5.75 Å². The normalized spacial score (nSPS) is 28.2. The van der Waals surface area contributed by atoms with Gasteiger partial charge in [-0.05, 0) is 75.1 Å². The zero-order valence-electron chi connectivity index (χ0n) is 12.8. The number of hydrogen-bond donors (Lipinski definition) is 1. The molecule has 3 atom stereocenters. The van der Waals surface area contributed by atoms with Gasteiger partial charge in [-0.15, -0.1) is 0 Å². The number of hydrogen-bond acceptors (Lipinski definition) is 2. The highest BCUT2D eigenvalue weighted by atomic mass is 16.5. The van der Waals surface area contributed by atoms with Crippen LogP contribution in [0, 0.1) is 17.8 Å². The predicted octanol–water partition coefficient (Wildman–Crippen LogP) is 4.00. The molecule has 1 N–H and O–H groups in total. The van der Waals surface area contributed by atoms with E-state index < -0.39 is 0 Å². The van der Waals surface area contributed by atoms with Crippen LogP contribution in [0.4, 0.5) is 0 Å². The van der Waals surface area contributed by atoms with Crippen molar-refractivity contribution in [1.29, 1.82) is 0 Å². The highest BCUT2D eigenvalue weighted by molar-refractivity contribution is 5.28. The molecule has 20 heavy (non-hydrogen) atoms. The number of nitrogens with one attached hydrogen (secondary N) is 1. The fourth-order valence-corrected chi connectivity index (χ4v) is 4.03. The van der Waals surface area contributed by atoms with Gasteiger partial charge in [-0.1, -0.05) is 18.6 Å². The second kappa shape index (κ2) is 6.17. The Morgan fingerprint density at radius 3 is 2.85 bits per heavy atom. The number of fused-ring (bicyclic) bond motifs is 2. The van der Waals surface area contributed by atoms with Crippen molar-refractivity contribution >= 4 is 0 Å². The van der Waals surface area contributed by atoms with Crippen molar-refractivity contribution in [2.45, 2.75) is 52.2 Å². The third kappa shape index (κ3) is 3.35. The lowest BCUT2D eigenvalue weighted by Gasteiger charge is -2.22. The Kier molecular flexibility index (Phi) is 4.30. The summed E-state index contributed by atoms with van der Waals surface area (Å²) in [7, 11) is 0. The maximum absolute atomic E-state index is 5.75. The molecule has 0 aliphatic heterocycles. The Labute approximate surface area is 122 Å². The van der Waals surface area contributed by atoms with Gasteiger partial charge in [0.25, 0.3) is 0 Å². The van der Waals surface area contributed by atoms with Crippen molar-refractivity contribution < 1.29 is 4.74 Å². The van der Waals surface area contributed by atoms with Crippen LogP contribution < -0.4 is 10.1 Å². The zero-order valence-corrected chi connectivity index (χ0v) is 12.8. The molecule has 0 heterocycles. The largest absolute Gasteiger partial charge is 0.491 e. The molecule has 2 bridgehead atoms. The first-order valence-corrected chi connectivity index (χ1v) is 8.17. The van der Waals surface area contributed by atoms with E-state index in [0.717, 1.165) is 30.0 Å².